The number of carbonyl (C=O) groups excluding carboxylic acids is 1. The van der Waals surface area contributed by atoms with Crippen molar-refractivity contribution in [3.63, 3.8) is 0 Å². The highest BCUT2D eigenvalue weighted by Gasteiger charge is 2.48. The topological polar surface area (TPSA) is 48.0 Å². The lowest BCUT2D eigenvalue weighted by molar-refractivity contribution is -0.145. The zero-order chi connectivity index (χ0) is 21.7. The molecule has 1 fully saturated rings. The molecular formula is C25H37NO4. The summed E-state index contributed by atoms with van der Waals surface area (Å²) in [5, 5.41) is 0. The van der Waals surface area contributed by atoms with Crippen molar-refractivity contribution in [3.8, 4) is 11.5 Å². The van der Waals surface area contributed by atoms with E-state index in [1.165, 1.54) is 5.56 Å². The predicted molar refractivity (Wildman–Crippen MR) is 119 cm³/mol. The smallest absolute Gasteiger partial charge is 0.313 e. The largest absolute Gasteiger partial charge is 0.493 e. The third-order valence-corrected chi connectivity index (χ3v) is 7.04. The van der Waals surface area contributed by atoms with Gasteiger partial charge in [0.2, 0.25) is 0 Å². The lowest BCUT2D eigenvalue weighted by Gasteiger charge is -2.40. The first-order valence-corrected chi connectivity index (χ1v) is 11.3. The van der Waals surface area contributed by atoms with Crippen LogP contribution in [0.3, 0.4) is 0 Å². The highest BCUT2D eigenvalue weighted by molar-refractivity contribution is 5.73. The highest BCUT2D eigenvalue weighted by Crippen LogP contribution is 2.49. The molecule has 5 heteroatoms. The molecule has 0 aromatic heterocycles. The average Bonchev–Trinajstić information content (AvgIpc) is 3.11. The summed E-state index contributed by atoms with van der Waals surface area (Å²) in [6.07, 6.45) is 8.95. The van der Waals surface area contributed by atoms with Crippen LogP contribution in [0, 0.1) is 5.92 Å². The maximum absolute atomic E-state index is 12.7. The van der Waals surface area contributed by atoms with Gasteiger partial charge < -0.3 is 14.2 Å². The molecule has 1 aliphatic carbocycles. The van der Waals surface area contributed by atoms with Gasteiger partial charge in [-0.3, -0.25) is 9.69 Å². The quantitative estimate of drug-likeness (QED) is 0.526. The second-order valence-electron chi connectivity index (χ2n) is 8.70. The van der Waals surface area contributed by atoms with Gasteiger partial charge in [0.05, 0.1) is 20.1 Å². The number of fused-ring (bicyclic) bond motifs is 1. The van der Waals surface area contributed by atoms with E-state index in [1.807, 2.05) is 6.07 Å². The number of benzene rings is 1. The van der Waals surface area contributed by atoms with Gasteiger partial charge in [0.25, 0.3) is 0 Å². The van der Waals surface area contributed by atoms with Crippen LogP contribution in [-0.4, -0.2) is 44.7 Å². The summed E-state index contributed by atoms with van der Waals surface area (Å²) in [7, 11) is 5.50. The molecule has 1 aromatic rings. The van der Waals surface area contributed by atoms with E-state index in [1.54, 1.807) is 14.2 Å². The molecule has 2 aliphatic rings. The average molecular weight is 416 g/mol. The lowest BCUT2D eigenvalue weighted by atomic mass is 9.68. The van der Waals surface area contributed by atoms with E-state index in [2.05, 4.69) is 44.0 Å². The molecule has 1 heterocycles. The molecule has 1 saturated heterocycles. The molecule has 0 bridgehead atoms. The van der Waals surface area contributed by atoms with Gasteiger partial charge in [-0.25, -0.2) is 0 Å². The standard InChI is InChI=1S/C25H37NO4/c1-6-8-9-18(7-2)24(27)30-20-12-13-25(14-15-26(3)23(25)17-20)19-10-11-21(28-4)22(16-19)29-5/h10-11,16-18,23H,6-9,12-15H2,1-5H3/t18?,23-,25-/m0/s1. The van der Waals surface area contributed by atoms with E-state index < -0.39 is 0 Å². The number of nitrogens with zero attached hydrogens (tertiary/aromatic N) is 1. The maximum Gasteiger partial charge on any atom is 0.313 e. The van der Waals surface area contributed by atoms with Gasteiger partial charge in [0.1, 0.15) is 5.76 Å². The van der Waals surface area contributed by atoms with Crippen molar-refractivity contribution >= 4 is 5.97 Å². The van der Waals surface area contributed by atoms with Crippen LogP contribution in [-0.2, 0) is 14.9 Å². The minimum absolute atomic E-state index is 0.00434. The number of likely N-dealkylation sites (tertiary alicyclic amines) is 1. The number of hydrogen-bond acceptors (Lipinski definition) is 5. The van der Waals surface area contributed by atoms with E-state index >= 15 is 0 Å². The van der Waals surface area contributed by atoms with E-state index in [4.69, 9.17) is 14.2 Å². The van der Waals surface area contributed by atoms with Crippen molar-refractivity contribution in [2.24, 2.45) is 5.92 Å². The maximum atomic E-state index is 12.7. The van der Waals surface area contributed by atoms with Crippen molar-refractivity contribution < 1.29 is 19.0 Å². The Balaban J connectivity index is 1.83. The fourth-order valence-electron chi connectivity index (χ4n) is 5.09. The summed E-state index contributed by atoms with van der Waals surface area (Å²) in [4.78, 5) is 15.1. The summed E-state index contributed by atoms with van der Waals surface area (Å²) < 4.78 is 16.9. The van der Waals surface area contributed by atoms with Crippen LogP contribution in [0.5, 0.6) is 11.5 Å². The first kappa shape index (κ1) is 22.7. The molecule has 1 aromatic carbocycles. The van der Waals surface area contributed by atoms with Crippen molar-refractivity contribution in [3.05, 3.63) is 35.6 Å². The third kappa shape index (κ3) is 4.36. The first-order valence-electron chi connectivity index (χ1n) is 11.3. The molecule has 30 heavy (non-hydrogen) atoms. The summed E-state index contributed by atoms with van der Waals surface area (Å²) in [5.74, 6) is 2.30. The summed E-state index contributed by atoms with van der Waals surface area (Å²) in [6.45, 7) is 5.25. The Labute approximate surface area is 181 Å². The molecule has 166 valence electrons. The first-order chi connectivity index (χ1) is 14.5. The summed E-state index contributed by atoms with van der Waals surface area (Å²) in [5.41, 5.74) is 1.28. The molecule has 1 aliphatic heterocycles. The fourth-order valence-corrected chi connectivity index (χ4v) is 5.09. The van der Waals surface area contributed by atoms with Gasteiger partial charge in [0.15, 0.2) is 11.5 Å². The molecule has 3 atom stereocenters. The Kier molecular flexibility index (Phi) is 7.45. The third-order valence-electron chi connectivity index (χ3n) is 7.04. The number of esters is 1. The van der Waals surface area contributed by atoms with Crippen LogP contribution in [0.25, 0.3) is 0 Å². The summed E-state index contributed by atoms with van der Waals surface area (Å²) in [6, 6.07) is 6.49. The van der Waals surface area contributed by atoms with Gasteiger partial charge in [-0.1, -0.05) is 32.8 Å². The Morgan fingerprint density at radius 3 is 2.63 bits per heavy atom. The zero-order valence-corrected chi connectivity index (χ0v) is 19.2. The predicted octanol–water partition coefficient (Wildman–Crippen LogP) is 5.08. The number of methoxy groups -OCH3 is 2. The zero-order valence-electron chi connectivity index (χ0n) is 19.2. The molecule has 0 N–H and O–H groups in total. The van der Waals surface area contributed by atoms with E-state index in [-0.39, 0.29) is 23.3 Å². The van der Waals surface area contributed by atoms with Crippen molar-refractivity contribution in [1.29, 1.82) is 0 Å². The minimum atomic E-state index is -0.0588. The second-order valence-corrected chi connectivity index (χ2v) is 8.70. The van der Waals surface area contributed by atoms with Crippen LogP contribution in [0.1, 0.15) is 64.4 Å². The molecule has 3 rings (SSSR count). The van der Waals surface area contributed by atoms with Crippen LogP contribution in [0.15, 0.2) is 30.0 Å². The Bertz CT molecular complexity index is 774. The fraction of sp³-hybridized carbons (Fsp3) is 0.640. The molecule has 0 spiro atoms. The van der Waals surface area contributed by atoms with Gasteiger partial charge in [0, 0.05) is 17.9 Å². The lowest BCUT2D eigenvalue weighted by Crippen LogP contribution is -2.42. The van der Waals surface area contributed by atoms with Gasteiger partial charge in [-0.15, -0.1) is 0 Å². The minimum Gasteiger partial charge on any atom is -0.493 e. The molecule has 5 nitrogen and oxygen atoms in total. The number of rotatable bonds is 9. The molecule has 0 amide bonds. The molecule has 0 radical (unpaired) electrons. The van der Waals surface area contributed by atoms with E-state index in [0.717, 1.165) is 68.7 Å². The SMILES string of the molecule is CCCCC(CC)C(=O)OC1=C[C@@H]2N(C)CC[C@]2(c2ccc(OC)c(OC)c2)CC1. The van der Waals surface area contributed by atoms with Crippen LogP contribution < -0.4 is 9.47 Å². The number of allylic oxidation sites excluding steroid dienone is 1. The number of hydrogen-bond donors (Lipinski definition) is 0. The van der Waals surface area contributed by atoms with Crippen LogP contribution in [0.2, 0.25) is 0 Å². The Hall–Kier alpha value is -2.01. The molecule has 1 unspecified atom stereocenters. The van der Waals surface area contributed by atoms with Gasteiger partial charge >= 0.3 is 5.97 Å². The molecular weight excluding hydrogens is 378 g/mol. The van der Waals surface area contributed by atoms with Crippen molar-refractivity contribution in [2.45, 2.75) is 70.3 Å². The monoisotopic (exact) mass is 415 g/mol. The highest BCUT2D eigenvalue weighted by atomic mass is 16.5. The number of unbranched alkanes of at least 4 members (excludes halogenated alkanes) is 1. The normalized spacial score (nSPS) is 24.7. The second kappa shape index (κ2) is 9.86. The van der Waals surface area contributed by atoms with Crippen LogP contribution in [0.4, 0.5) is 0 Å². The summed E-state index contributed by atoms with van der Waals surface area (Å²) >= 11 is 0. The van der Waals surface area contributed by atoms with Crippen LogP contribution >= 0.6 is 0 Å². The van der Waals surface area contributed by atoms with Gasteiger partial charge in [-0.05, 0) is 63.0 Å². The number of ether oxygens (including phenoxy) is 3. The Morgan fingerprint density at radius 2 is 1.97 bits per heavy atom. The Morgan fingerprint density at radius 1 is 1.20 bits per heavy atom. The molecule has 0 saturated carbocycles. The van der Waals surface area contributed by atoms with Gasteiger partial charge in [-0.2, -0.15) is 0 Å². The van der Waals surface area contributed by atoms with Crippen molar-refractivity contribution in [1.82, 2.24) is 4.90 Å². The van der Waals surface area contributed by atoms with E-state index in [0.29, 0.717) is 0 Å². The van der Waals surface area contributed by atoms with E-state index in [9.17, 15) is 4.79 Å². The number of carbonyl (C=O) groups is 1. The van der Waals surface area contributed by atoms with Crippen molar-refractivity contribution in [2.75, 3.05) is 27.8 Å². The number of likely N-dealkylation sites (N-methyl/N-ethyl adjacent to an activating group) is 1.